The summed E-state index contributed by atoms with van der Waals surface area (Å²) in [5, 5.41) is 0. The summed E-state index contributed by atoms with van der Waals surface area (Å²) in [5.74, 6) is 0. The molecule has 0 aromatic rings. The standard InChI is InChI=1S/C16H29NO3Si/c1-15(2,3)20-14(18)17-13(12-19-16(17,4)5)10-9-11-21(6,7)8/h10-11,13H,12H2,1-8H3/t9?,13-/m1/s1. The Bertz CT molecular complexity index is 451. The Labute approximate surface area is 129 Å². The highest BCUT2D eigenvalue weighted by molar-refractivity contribution is 6.80. The molecule has 1 fully saturated rings. The van der Waals surface area contributed by atoms with Crippen molar-refractivity contribution in [3.05, 3.63) is 17.5 Å². The maximum absolute atomic E-state index is 12.4. The van der Waals surface area contributed by atoms with Crippen molar-refractivity contribution in [2.75, 3.05) is 6.61 Å². The number of hydrogen-bond acceptors (Lipinski definition) is 3. The third-order valence-electron chi connectivity index (χ3n) is 2.91. The summed E-state index contributed by atoms with van der Waals surface area (Å²) in [5.41, 5.74) is 4.19. The molecule has 1 aliphatic heterocycles. The largest absolute Gasteiger partial charge is 0.444 e. The molecule has 0 N–H and O–H groups in total. The van der Waals surface area contributed by atoms with Gasteiger partial charge in [-0.2, -0.15) is 0 Å². The van der Waals surface area contributed by atoms with Crippen LogP contribution < -0.4 is 0 Å². The fourth-order valence-corrected chi connectivity index (χ4v) is 2.63. The summed E-state index contributed by atoms with van der Waals surface area (Å²) in [4.78, 5) is 14.1. The minimum absolute atomic E-state index is 0.137. The summed E-state index contributed by atoms with van der Waals surface area (Å²) in [6.45, 7) is 16.6. The van der Waals surface area contributed by atoms with E-state index in [-0.39, 0.29) is 12.1 Å². The predicted octanol–water partition coefficient (Wildman–Crippen LogP) is 3.95. The summed E-state index contributed by atoms with van der Waals surface area (Å²) in [6, 6.07) is -0.137. The number of amides is 1. The van der Waals surface area contributed by atoms with Gasteiger partial charge in [-0.05, 0) is 40.7 Å². The van der Waals surface area contributed by atoms with Crippen molar-refractivity contribution < 1.29 is 14.3 Å². The first-order valence-electron chi connectivity index (χ1n) is 7.42. The fraction of sp³-hybridized carbons (Fsp3) is 0.750. The highest BCUT2D eigenvalue weighted by Gasteiger charge is 2.44. The van der Waals surface area contributed by atoms with Crippen molar-refractivity contribution >= 4 is 14.2 Å². The highest BCUT2D eigenvalue weighted by Crippen LogP contribution is 2.29. The first kappa shape index (κ1) is 18.0. The molecule has 0 aromatic heterocycles. The molecule has 1 heterocycles. The topological polar surface area (TPSA) is 38.8 Å². The zero-order valence-electron chi connectivity index (χ0n) is 14.6. The minimum Gasteiger partial charge on any atom is -0.444 e. The molecule has 0 aliphatic carbocycles. The number of rotatable bonds is 2. The van der Waals surface area contributed by atoms with Crippen LogP contribution in [-0.4, -0.2) is 43.0 Å². The molecule has 1 saturated heterocycles. The molecule has 0 saturated carbocycles. The summed E-state index contributed by atoms with van der Waals surface area (Å²) >= 11 is 0. The van der Waals surface area contributed by atoms with Gasteiger partial charge in [-0.1, -0.05) is 25.3 Å². The number of carbonyl (C=O) groups excluding carboxylic acids is 1. The SMILES string of the molecule is CC(C)(C)OC(=O)N1[C@H](C=C=C[Si](C)(C)C)COC1(C)C. The van der Waals surface area contributed by atoms with E-state index in [9.17, 15) is 4.79 Å². The van der Waals surface area contributed by atoms with E-state index in [1.54, 1.807) is 4.90 Å². The van der Waals surface area contributed by atoms with Crippen LogP contribution >= 0.6 is 0 Å². The second-order valence-electron chi connectivity index (χ2n) is 8.02. The molecule has 1 amide bonds. The zero-order chi connectivity index (χ0) is 16.5. The van der Waals surface area contributed by atoms with Crippen LogP contribution in [0.5, 0.6) is 0 Å². The van der Waals surface area contributed by atoms with Crippen LogP contribution in [0.15, 0.2) is 17.5 Å². The van der Waals surface area contributed by atoms with Crippen LogP contribution in [0.25, 0.3) is 0 Å². The van der Waals surface area contributed by atoms with Crippen molar-refractivity contribution in [3.8, 4) is 0 Å². The van der Waals surface area contributed by atoms with Gasteiger partial charge >= 0.3 is 6.09 Å². The Morgan fingerprint density at radius 1 is 1.38 bits per heavy atom. The molecular weight excluding hydrogens is 282 g/mol. The summed E-state index contributed by atoms with van der Waals surface area (Å²) in [6.07, 6.45) is 1.57. The van der Waals surface area contributed by atoms with Gasteiger partial charge in [0.15, 0.2) is 0 Å². The molecule has 5 heteroatoms. The van der Waals surface area contributed by atoms with Gasteiger partial charge in [-0.25, -0.2) is 4.79 Å². The zero-order valence-corrected chi connectivity index (χ0v) is 15.6. The smallest absolute Gasteiger partial charge is 0.413 e. The van der Waals surface area contributed by atoms with E-state index in [1.165, 1.54) is 0 Å². The van der Waals surface area contributed by atoms with Crippen LogP contribution in [-0.2, 0) is 9.47 Å². The lowest BCUT2D eigenvalue weighted by Gasteiger charge is -2.34. The van der Waals surface area contributed by atoms with Gasteiger partial charge in [0.25, 0.3) is 0 Å². The van der Waals surface area contributed by atoms with E-state index in [0.29, 0.717) is 6.61 Å². The lowest BCUT2D eigenvalue weighted by atomic mass is 10.2. The van der Waals surface area contributed by atoms with E-state index in [4.69, 9.17) is 9.47 Å². The highest BCUT2D eigenvalue weighted by atomic mass is 28.3. The molecule has 4 nitrogen and oxygen atoms in total. The summed E-state index contributed by atoms with van der Waals surface area (Å²) in [7, 11) is -1.30. The lowest BCUT2D eigenvalue weighted by molar-refractivity contribution is -0.0610. The van der Waals surface area contributed by atoms with Gasteiger partial charge in [-0.15, -0.1) is 5.73 Å². The van der Waals surface area contributed by atoms with Crippen molar-refractivity contribution in [1.29, 1.82) is 0 Å². The second kappa shape index (κ2) is 5.99. The average Bonchev–Trinajstić information content (AvgIpc) is 2.49. The first-order chi connectivity index (χ1) is 9.32. The van der Waals surface area contributed by atoms with Crippen LogP contribution in [0, 0.1) is 0 Å². The third-order valence-corrected chi connectivity index (χ3v) is 3.95. The molecule has 21 heavy (non-hydrogen) atoms. The maximum Gasteiger partial charge on any atom is 0.413 e. The second-order valence-corrected chi connectivity index (χ2v) is 13.0. The molecule has 1 atom stereocenters. The van der Waals surface area contributed by atoms with Crippen molar-refractivity contribution in [2.45, 2.75) is 71.6 Å². The summed E-state index contributed by atoms with van der Waals surface area (Å²) < 4.78 is 11.2. The molecule has 0 unspecified atom stereocenters. The fourth-order valence-electron chi connectivity index (χ4n) is 2.03. The van der Waals surface area contributed by atoms with E-state index in [2.05, 4.69) is 31.1 Å². The lowest BCUT2D eigenvalue weighted by Crippen LogP contribution is -2.49. The quantitative estimate of drug-likeness (QED) is 0.572. The van der Waals surface area contributed by atoms with E-state index >= 15 is 0 Å². The first-order valence-corrected chi connectivity index (χ1v) is 11.0. The van der Waals surface area contributed by atoms with E-state index in [1.807, 2.05) is 40.7 Å². The number of ether oxygens (including phenoxy) is 2. The van der Waals surface area contributed by atoms with Crippen molar-refractivity contribution in [2.24, 2.45) is 0 Å². The normalized spacial score (nSPS) is 21.7. The van der Waals surface area contributed by atoms with Gasteiger partial charge in [-0.3, -0.25) is 4.90 Å². The molecule has 0 spiro atoms. The van der Waals surface area contributed by atoms with Gasteiger partial charge in [0.1, 0.15) is 11.3 Å². The molecular formula is C16H29NO3Si. The van der Waals surface area contributed by atoms with Gasteiger partial charge in [0.2, 0.25) is 0 Å². The Kier molecular flexibility index (Phi) is 5.14. The predicted molar refractivity (Wildman–Crippen MR) is 87.9 cm³/mol. The van der Waals surface area contributed by atoms with Crippen LogP contribution in [0.2, 0.25) is 19.6 Å². The molecule has 120 valence electrons. The van der Waals surface area contributed by atoms with Gasteiger partial charge < -0.3 is 9.47 Å². The Morgan fingerprint density at radius 2 is 1.95 bits per heavy atom. The van der Waals surface area contributed by atoms with Gasteiger partial charge in [0, 0.05) is 0 Å². The number of hydrogen-bond donors (Lipinski definition) is 0. The van der Waals surface area contributed by atoms with Gasteiger partial charge in [0.05, 0.1) is 20.7 Å². The van der Waals surface area contributed by atoms with Crippen LogP contribution in [0.3, 0.4) is 0 Å². The Morgan fingerprint density at radius 3 is 2.43 bits per heavy atom. The maximum atomic E-state index is 12.4. The molecule has 0 radical (unpaired) electrons. The monoisotopic (exact) mass is 311 g/mol. The molecule has 0 aromatic carbocycles. The number of nitrogens with zero attached hydrogens (tertiary/aromatic N) is 1. The molecule has 1 rings (SSSR count). The van der Waals surface area contributed by atoms with E-state index in [0.717, 1.165) is 0 Å². The van der Waals surface area contributed by atoms with Crippen molar-refractivity contribution in [3.63, 3.8) is 0 Å². The van der Waals surface area contributed by atoms with Crippen molar-refractivity contribution in [1.82, 2.24) is 4.90 Å². The molecule has 1 aliphatic rings. The Hall–Kier alpha value is -1.03. The number of carbonyl (C=O) groups is 1. The average molecular weight is 311 g/mol. The minimum atomic E-state index is -1.30. The van der Waals surface area contributed by atoms with Crippen LogP contribution in [0.1, 0.15) is 34.6 Å². The van der Waals surface area contributed by atoms with E-state index < -0.39 is 19.4 Å². The molecule has 0 bridgehead atoms. The van der Waals surface area contributed by atoms with Crippen LogP contribution in [0.4, 0.5) is 4.79 Å². The third kappa shape index (κ3) is 5.69. The Balaban J connectivity index is 2.95.